The number of sulfonamides is 1. The molecule has 4 aromatic carbocycles. The standard InChI is InChI=1S/C31H31N3O4S/c1-24-9-19-30(20-10-24)39(36,37)34(27-15-17-29(18-16-27)38-28-7-3-2-4-8-28)23-31(35)32-25-11-13-26(14-12-25)33-21-5-6-22-33/h2-4,7-20H,5-6,21-23H2,1H3,(H,32,35). The number of nitrogens with one attached hydrogen (secondary N) is 1. The number of hydrogen-bond donors (Lipinski definition) is 1. The smallest absolute Gasteiger partial charge is 0.264 e. The molecule has 1 N–H and O–H groups in total. The third-order valence-corrected chi connectivity index (χ3v) is 8.41. The predicted molar refractivity (Wildman–Crippen MR) is 155 cm³/mol. The second-order valence-corrected chi connectivity index (χ2v) is 11.4. The van der Waals surface area contributed by atoms with E-state index in [0.717, 1.165) is 28.6 Å². The number of amides is 1. The zero-order valence-electron chi connectivity index (χ0n) is 21.8. The Morgan fingerprint density at radius 1 is 0.821 bits per heavy atom. The lowest BCUT2D eigenvalue weighted by molar-refractivity contribution is -0.114. The highest BCUT2D eigenvalue weighted by Gasteiger charge is 2.27. The summed E-state index contributed by atoms with van der Waals surface area (Å²) in [5.41, 5.74) is 3.03. The van der Waals surface area contributed by atoms with Gasteiger partial charge in [-0.15, -0.1) is 0 Å². The van der Waals surface area contributed by atoms with Gasteiger partial charge in [-0.2, -0.15) is 0 Å². The van der Waals surface area contributed by atoms with Gasteiger partial charge in [-0.3, -0.25) is 9.10 Å². The molecule has 200 valence electrons. The zero-order valence-corrected chi connectivity index (χ0v) is 22.6. The molecule has 0 radical (unpaired) electrons. The van der Waals surface area contributed by atoms with Crippen LogP contribution in [0.4, 0.5) is 17.1 Å². The van der Waals surface area contributed by atoms with Crippen LogP contribution in [-0.4, -0.2) is 34.0 Å². The van der Waals surface area contributed by atoms with Crippen LogP contribution in [0.3, 0.4) is 0 Å². The number of carbonyl (C=O) groups is 1. The Kier molecular flexibility index (Phi) is 7.84. The molecule has 4 aromatic rings. The fourth-order valence-electron chi connectivity index (χ4n) is 4.52. The van der Waals surface area contributed by atoms with E-state index in [2.05, 4.69) is 10.2 Å². The van der Waals surface area contributed by atoms with Crippen molar-refractivity contribution >= 4 is 33.0 Å². The molecule has 1 aliphatic rings. The Balaban J connectivity index is 1.37. The van der Waals surface area contributed by atoms with E-state index in [0.29, 0.717) is 22.9 Å². The summed E-state index contributed by atoms with van der Waals surface area (Å²) in [7, 11) is -4.02. The second kappa shape index (κ2) is 11.6. The van der Waals surface area contributed by atoms with E-state index in [1.54, 1.807) is 48.5 Å². The summed E-state index contributed by atoms with van der Waals surface area (Å²) in [5.74, 6) is 0.786. The van der Waals surface area contributed by atoms with Gasteiger partial charge in [0, 0.05) is 24.5 Å². The van der Waals surface area contributed by atoms with Crippen LogP contribution < -0.4 is 19.3 Å². The molecule has 1 fully saturated rings. The zero-order chi connectivity index (χ0) is 27.2. The lowest BCUT2D eigenvalue weighted by atomic mass is 10.2. The average Bonchev–Trinajstić information content (AvgIpc) is 3.49. The van der Waals surface area contributed by atoms with Crippen LogP contribution in [0.5, 0.6) is 11.5 Å². The fourth-order valence-corrected chi connectivity index (χ4v) is 5.94. The molecule has 1 saturated heterocycles. The molecule has 8 heteroatoms. The normalized spacial score (nSPS) is 13.2. The Morgan fingerprint density at radius 3 is 2.08 bits per heavy atom. The van der Waals surface area contributed by atoms with Crippen LogP contribution in [0.1, 0.15) is 18.4 Å². The number of rotatable bonds is 9. The Morgan fingerprint density at radius 2 is 1.44 bits per heavy atom. The van der Waals surface area contributed by atoms with E-state index in [1.807, 2.05) is 61.5 Å². The molecule has 5 rings (SSSR count). The summed E-state index contributed by atoms with van der Waals surface area (Å²) in [6.07, 6.45) is 2.37. The lowest BCUT2D eigenvalue weighted by Gasteiger charge is -2.24. The number of nitrogens with zero attached hydrogens (tertiary/aromatic N) is 2. The number of benzene rings is 4. The van der Waals surface area contributed by atoms with Gasteiger partial charge in [0.05, 0.1) is 10.6 Å². The molecule has 1 heterocycles. The third-order valence-electron chi connectivity index (χ3n) is 6.62. The molecule has 0 bridgehead atoms. The van der Waals surface area contributed by atoms with E-state index in [1.165, 1.54) is 12.8 Å². The highest BCUT2D eigenvalue weighted by Crippen LogP contribution is 2.28. The molecule has 0 spiro atoms. The summed E-state index contributed by atoms with van der Waals surface area (Å²) in [6, 6.07) is 30.2. The minimum atomic E-state index is -4.02. The van der Waals surface area contributed by atoms with Crippen molar-refractivity contribution in [2.24, 2.45) is 0 Å². The van der Waals surface area contributed by atoms with Gasteiger partial charge in [0.1, 0.15) is 18.0 Å². The average molecular weight is 542 g/mol. The van der Waals surface area contributed by atoms with Crippen LogP contribution in [0.15, 0.2) is 108 Å². The largest absolute Gasteiger partial charge is 0.457 e. The topological polar surface area (TPSA) is 79.0 Å². The van der Waals surface area contributed by atoms with Gasteiger partial charge < -0.3 is 15.0 Å². The first-order valence-electron chi connectivity index (χ1n) is 13.0. The second-order valence-electron chi connectivity index (χ2n) is 9.52. The summed E-state index contributed by atoms with van der Waals surface area (Å²) in [5, 5.41) is 2.85. The van der Waals surface area contributed by atoms with Crippen molar-refractivity contribution in [3.05, 3.63) is 109 Å². The monoisotopic (exact) mass is 541 g/mol. The third kappa shape index (κ3) is 6.41. The van der Waals surface area contributed by atoms with Gasteiger partial charge in [0.25, 0.3) is 10.0 Å². The fraction of sp³-hybridized carbons (Fsp3) is 0.194. The van der Waals surface area contributed by atoms with Crippen LogP contribution in [0.2, 0.25) is 0 Å². The number of hydrogen-bond acceptors (Lipinski definition) is 5. The Hall–Kier alpha value is -4.30. The molecule has 0 unspecified atom stereocenters. The Bertz CT molecular complexity index is 1500. The molecule has 7 nitrogen and oxygen atoms in total. The van der Waals surface area contributed by atoms with Gasteiger partial charge in [0.15, 0.2) is 0 Å². The van der Waals surface area contributed by atoms with Crippen molar-refractivity contribution < 1.29 is 17.9 Å². The van der Waals surface area contributed by atoms with Crippen molar-refractivity contribution in [1.82, 2.24) is 0 Å². The van der Waals surface area contributed by atoms with Crippen LogP contribution in [0, 0.1) is 6.92 Å². The first kappa shape index (κ1) is 26.3. The van der Waals surface area contributed by atoms with Crippen molar-refractivity contribution in [2.45, 2.75) is 24.7 Å². The van der Waals surface area contributed by atoms with Gasteiger partial charge in [-0.05, 0) is 92.6 Å². The predicted octanol–water partition coefficient (Wildman–Crippen LogP) is 6.22. The molecule has 0 aliphatic carbocycles. The van der Waals surface area contributed by atoms with E-state index >= 15 is 0 Å². The van der Waals surface area contributed by atoms with Crippen molar-refractivity contribution in [3.8, 4) is 11.5 Å². The summed E-state index contributed by atoms with van der Waals surface area (Å²) in [4.78, 5) is 15.5. The maximum absolute atomic E-state index is 13.7. The quantitative estimate of drug-likeness (QED) is 0.272. The molecule has 0 saturated carbocycles. The molecule has 1 aliphatic heterocycles. The van der Waals surface area contributed by atoms with Gasteiger partial charge in [-0.25, -0.2) is 8.42 Å². The minimum absolute atomic E-state index is 0.112. The van der Waals surface area contributed by atoms with Gasteiger partial charge >= 0.3 is 0 Å². The van der Waals surface area contributed by atoms with Crippen molar-refractivity contribution in [2.75, 3.05) is 34.2 Å². The molecule has 1 amide bonds. The van der Waals surface area contributed by atoms with Crippen LogP contribution >= 0.6 is 0 Å². The van der Waals surface area contributed by atoms with E-state index in [9.17, 15) is 13.2 Å². The Labute approximate surface area is 229 Å². The molecule has 0 atom stereocenters. The molecular formula is C31H31N3O4S. The summed E-state index contributed by atoms with van der Waals surface area (Å²) in [6.45, 7) is 3.57. The van der Waals surface area contributed by atoms with Crippen molar-refractivity contribution in [1.29, 1.82) is 0 Å². The van der Waals surface area contributed by atoms with Gasteiger partial charge in [0.2, 0.25) is 5.91 Å². The molecule has 39 heavy (non-hydrogen) atoms. The number of ether oxygens (including phenoxy) is 1. The highest BCUT2D eigenvalue weighted by atomic mass is 32.2. The highest BCUT2D eigenvalue weighted by molar-refractivity contribution is 7.92. The van der Waals surface area contributed by atoms with E-state index in [4.69, 9.17) is 4.74 Å². The SMILES string of the molecule is Cc1ccc(S(=O)(=O)N(CC(=O)Nc2ccc(N3CCCC3)cc2)c2ccc(Oc3ccccc3)cc2)cc1. The number of carbonyl (C=O) groups excluding carboxylic acids is 1. The minimum Gasteiger partial charge on any atom is -0.457 e. The number of para-hydroxylation sites is 1. The number of aryl methyl sites for hydroxylation is 1. The van der Waals surface area contributed by atoms with E-state index in [-0.39, 0.29) is 11.4 Å². The summed E-state index contributed by atoms with van der Waals surface area (Å²) >= 11 is 0. The van der Waals surface area contributed by atoms with Crippen molar-refractivity contribution in [3.63, 3.8) is 0 Å². The van der Waals surface area contributed by atoms with E-state index < -0.39 is 15.9 Å². The first-order valence-corrected chi connectivity index (χ1v) is 14.4. The maximum Gasteiger partial charge on any atom is 0.264 e. The summed E-state index contributed by atoms with van der Waals surface area (Å²) < 4.78 is 34.4. The van der Waals surface area contributed by atoms with Gasteiger partial charge in [-0.1, -0.05) is 35.9 Å². The molecular weight excluding hydrogens is 510 g/mol. The van der Waals surface area contributed by atoms with Crippen LogP contribution in [0.25, 0.3) is 0 Å². The lowest BCUT2D eigenvalue weighted by Crippen LogP contribution is -2.38. The van der Waals surface area contributed by atoms with Crippen LogP contribution in [-0.2, 0) is 14.8 Å². The molecule has 0 aromatic heterocycles. The first-order chi connectivity index (χ1) is 18.9. The maximum atomic E-state index is 13.7. The number of anilines is 3.